The Labute approximate surface area is 359 Å². The van der Waals surface area contributed by atoms with Crippen LogP contribution in [0.3, 0.4) is 0 Å². The van der Waals surface area contributed by atoms with E-state index >= 15 is 0 Å². The number of rotatable bonds is 4. The van der Waals surface area contributed by atoms with Crippen molar-refractivity contribution in [2.45, 2.75) is 0 Å². The maximum atomic E-state index is 5.43. The molecule has 0 aliphatic carbocycles. The third-order valence-electron chi connectivity index (χ3n) is 13.0. The lowest BCUT2D eigenvalue weighted by molar-refractivity contribution is 1.08. The summed E-state index contributed by atoms with van der Waals surface area (Å²) in [5.41, 5.74) is 11.4. The highest BCUT2D eigenvalue weighted by atomic mass is 32.1. The fourth-order valence-corrected chi connectivity index (χ4v) is 11.5. The van der Waals surface area contributed by atoms with Gasteiger partial charge in [0.1, 0.15) is 5.82 Å². The molecule has 0 fully saturated rings. The van der Waals surface area contributed by atoms with Gasteiger partial charge in [0.25, 0.3) is 0 Å². The van der Waals surface area contributed by atoms with E-state index in [-0.39, 0.29) is 0 Å². The van der Waals surface area contributed by atoms with Crippen molar-refractivity contribution in [2.24, 2.45) is 0 Å². The van der Waals surface area contributed by atoms with E-state index < -0.39 is 0 Å². The van der Waals surface area contributed by atoms with Crippen LogP contribution in [0.5, 0.6) is 0 Å². The molecular weight excluding hydrogens is 773 g/mol. The molecule has 0 unspecified atom stereocenters. The van der Waals surface area contributed by atoms with Gasteiger partial charge in [-0.15, -0.1) is 11.3 Å². The zero-order chi connectivity index (χ0) is 40.5. The van der Waals surface area contributed by atoms with Gasteiger partial charge in [-0.3, -0.25) is 4.57 Å². The molecule has 0 bridgehead atoms. The summed E-state index contributed by atoms with van der Waals surface area (Å²) in [6.07, 6.45) is 0. The lowest BCUT2D eigenvalue weighted by Gasteiger charge is -2.12. The van der Waals surface area contributed by atoms with Crippen LogP contribution < -0.4 is 0 Å². The summed E-state index contributed by atoms with van der Waals surface area (Å²) < 4.78 is 9.88. The fourth-order valence-electron chi connectivity index (χ4n) is 10.4. The van der Waals surface area contributed by atoms with Gasteiger partial charge < -0.3 is 9.13 Å². The van der Waals surface area contributed by atoms with Crippen molar-refractivity contribution in [3.05, 3.63) is 206 Å². The van der Waals surface area contributed by atoms with Crippen LogP contribution in [0.25, 0.3) is 125 Å². The number of para-hydroxylation sites is 3. The zero-order valence-electron chi connectivity index (χ0n) is 33.3. The van der Waals surface area contributed by atoms with E-state index in [1.54, 1.807) is 0 Å². The lowest BCUT2D eigenvalue weighted by Crippen LogP contribution is -1.99. The van der Waals surface area contributed by atoms with Crippen LogP contribution in [0.1, 0.15) is 0 Å². The van der Waals surface area contributed by atoms with Crippen LogP contribution in [0.15, 0.2) is 206 Å². The van der Waals surface area contributed by atoms with Crippen LogP contribution >= 0.6 is 11.3 Å². The predicted octanol–water partition coefficient (Wildman–Crippen LogP) is 15.6. The first-order valence-corrected chi connectivity index (χ1v) is 21.9. The molecule has 0 aliphatic rings. The summed E-state index contributed by atoms with van der Waals surface area (Å²) in [4.78, 5) is 5.43. The second-order valence-electron chi connectivity index (χ2n) is 16.3. The third-order valence-corrected chi connectivity index (χ3v) is 14.2. The van der Waals surface area contributed by atoms with Gasteiger partial charge in [-0.05, 0) is 95.7 Å². The fraction of sp³-hybridized carbons (Fsp3) is 0. The van der Waals surface area contributed by atoms with Crippen molar-refractivity contribution < 1.29 is 0 Å². The first-order chi connectivity index (χ1) is 30.8. The molecule has 0 amide bonds. The van der Waals surface area contributed by atoms with Crippen LogP contribution in [-0.4, -0.2) is 18.7 Å². The highest BCUT2D eigenvalue weighted by Crippen LogP contribution is 2.44. The predicted molar refractivity (Wildman–Crippen MR) is 263 cm³/mol. The number of fused-ring (bicyclic) bond motifs is 15. The Morgan fingerprint density at radius 1 is 0.339 bits per heavy atom. The van der Waals surface area contributed by atoms with Crippen molar-refractivity contribution in [1.82, 2.24) is 18.7 Å². The van der Waals surface area contributed by atoms with Crippen molar-refractivity contribution in [2.75, 3.05) is 0 Å². The molecular formula is C57H34N4S. The van der Waals surface area contributed by atoms with Gasteiger partial charge in [0, 0.05) is 69.4 Å². The lowest BCUT2D eigenvalue weighted by atomic mass is 10.0. The molecule has 5 heterocycles. The molecule has 0 N–H and O–H groups in total. The molecule has 9 aromatic carbocycles. The molecule has 0 aliphatic heterocycles. The standard InChI is InChI=1S/C57H34N4S/c1-2-14-37(15-3-1)59-49-30-27-38(34-45(49)55-39-16-5-4-13-35(39)25-29-50(55)59)60-47-21-9-6-17-40(47)42-28-31-51-56(57(42)60)43-19-7-10-22-48(43)61(51)54-24-12-20-46(58-54)36-26-32-53-44(33-36)41-18-8-11-23-52(41)62-53/h1-34H. The smallest absolute Gasteiger partial charge is 0.138 e. The number of hydrogen-bond donors (Lipinski definition) is 0. The van der Waals surface area contributed by atoms with Gasteiger partial charge in [0.2, 0.25) is 0 Å². The molecule has 0 saturated carbocycles. The second-order valence-corrected chi connectivity index (χ2v) is 17.4. The number of pyridine rings is 1. The highest BCUT2D eigenvalue weighted by molar-refractivity contribution is 7.25. The first-order valence-electron chi connectivity index (χ1n) is 21.1. The molecule has 0 atom stereocenters. The molecule has 0 radical (unpaired) electrons. The maximum Gasteiger partial charge on any atom is 0.138 e. The van der Waals surface area contributed by atoms with Gasteiger partial charge >= 0.3 is 0 Å². The molecule has 14 rings (SSSR count). The molecule has 4 nitrogen and oxygen atoms in total. The molecule has 288 valence electrons. The highest BCUT2D eigenvalue weighted by Gasteiger charge is 2.23. The van der Waals surface area contributed by atoms with Crippen LogP contribution in [0, 0.1) is 0 Å². The number of benzene rings is 9. The van der Waals surface area contributed by atoms with E-state index in [1.165, 1.54) is 85.3 Å². The Morgan fingerprint density at radius 3 is 1.90 bits per heavy atom. The minimum Gasteiger partial charge on any atom is -0.309 e. The topological polar surface area (TPSA) is 27.7 Å². The molecule has 0 spiro atoms. The van der Waals surface area contributed by atoms with Crippen LogP contribution in [0.4, 0.5) is 0 Å². The van der Waals surface area contributed by atoms with E-state index in [0.29, 0.717) is 0 Å². The van der Waals surface area contributed by atoms with Crippen molar-refractivity contribution in [3.63, 3.8) is 0 Å². The van der Waals surface area contributed by atoms with Gasteiger partial charge in [-0.25, -0.2) is 4.98 Å². The van der Waals surface area contributed by atoms with Crippen molar-refractivity contribution in [3.8, 4) is 28.5 Å². The Balaban J connectivity index is 1.04. The number of nitrogens with zero attached hydrogens (tertiary/aromatic N) is 4. The summed E-state index contributed by atoms with van der Waals surface area (Å²) in [6, 6.07) is 75.3. The largest absolute Gasteiger partial charge is 0.309 e. The Morgan fingerprint density at radius 2 is 1.02 bits per heavy atom. The normalized spacial score (nSPS) is 12.2. The number of thiophene rings is 1. The minimum absolute atomic E-state index is 0.896. The van der Waals surface area contributed by atoms with Gasteiger partial charge in [-0.2, -0.15) is 0 Å². The third kappa shape index (κ3) is 4.68. The summed E-state index contributed by atoms with van der Waals surface area (Å²) in [5, 5.41) is 12.4. The molecule has 62 heavy (non-hydrogen) atoms. The summed E-state index contributed by atoms with van der Waals surface area (Å²) in [7, 11) is 0. The van der Waals surface area contributed by atoms with Crippen molar-refractivity contribution >= 4 is 108 Å². The number of aromatic nitrogens is 4. The zero-order valence-corrected chi connectivity index (χ0v) is 34.1. The molecule has 0 saturated heterocycles. The van der Waals surface area contributed by atoms with E-state index in [1.807, 2.05) is 11.3 Å². The first kappa shape index (κ1) is 33.8. The average Bonchev–Trinajstić information content (AvgIpc) is 4.08. The average molecular weight is 807 g/mol. The minimum atomic E-state index is 0.896. The van der Waals surface area contributed by atoms with E-state index in [2.05, 4.69) is 220 Å². The van der Waals surface area contributed by atoms with Crippen molar-refractivity contribution in [1.29, 1.82) is 0 Å². The number of hydrogen-bond acceptors (Lipinski definition) is 2. The molecule has 5 aromatic heterocycles. The molecule has 14 aromatic rings. The summed E-state index contributed by atoms with van der Waals surface area (Å²) in [6.45, 7) is 0. The van der Waals surface area contributed by atoms with Crippen LogP contribution in [0.2, 0.25) is 0 Å². The van der Waals surface area contributed by atoms with Gasteiger partial charge in [0.15, 0.2) is 0 Å². The second kappa shape index (κ2) is 12.8. The van der Waals surface area contributed by atoms with Crippen LogP contribution in [-0.2, 0) is 0 Å². The van der Waals surface area contributed by atoms with Gasteiger partial charge in [-0.1, -0.05) is 121 Å². The quantitative estimate of drug-likeness (QED) is 0.174. The SMILES string of the molecule is c1ccc(-n2c3ccc(-n4c5ccccc5c5ccc6c(c7ccccc7n6-c6cccc(-c7ccc8sc9ccccc9c8c7)n6)c54)cc3c3c4ccccc4ccc32)cc1. The van der Waals surface area contributed by atoms with E-state index in [9.17, 15) is 0 Å². The summed E-state index contributed by atoms with van der Waals surface area (Å²) in [5.74, 6) is 0.896. The Bertz CT molecular complexity index is 4160. The Hall–Kier alpha value is -7.99. The van der Waals surface area contributed by atoms with Gasteiger partial charge in [0.05, 0.1) is 38.8 Å². The molecule has 5 heteroatoms. The monoisotopic (exact) mass is 806 g/mol. The Kier molecular flexibility index (Phi) is 6.96. The maximum absolute atomic E-state index is 5.43. The van der Waals surface area contributed by atoms with E-state index in [4.69, 9.17) is 4.98 Å². The summed E-state index contributed by atoms with van der Waals surface area (Å²) >= 11 is 1.84. The van der Waals surface area contributed by atoms with E-state index in [0.717, 1.165) is 39.5 Å².